The molecule has 0 unspecified atom stereocenters. The first kappa shape index (κ1) is 15.8. The molecule has 27 heavy (non-hydrogen) atoms. The highest BCUT2D eigenvalue weighted by Gasteiger charge is 2.25. The summed E-state index contributed by atoms with van der Waals surface area (Å²) in [5, 5.41) is 3.25. The highest BCUT2D eigenvalue weighted by Crippen LogP contribution is 2.43. The zero-order valence-electron chi connectivity index (χ0n) is 15.0. The number of nitrogens with zero attached hydrogens (tertiary/aromatic N) is 2. The lowest BCUT2D eigenvalue weighted by molar-refractivity contribution is 0.628. The standard InChI is InChI=1S/C22H17FN4/c1-12-5-3-6-13(2)18(12)22-26-19-15-9-8-14(23)11-17(15)25-21-16(20(19)27-22)7-4-10-24-21/h3-11H,1-2H3,(H,24,25)(H,26,27). The third-order valence-corrected chi connectivity index (χ3v) is 4.99. The zero-order chi connectivity index (χ0) is 18.5. The van der Waals surface area contributed by atoms with Crippen molar-refractivity contribution in [2.24, 2.45) is 0 Å². The van der Waals surface area contributed by atoms with Gasteiger partial charge >= 0.3 is 0 Å². The second-order valence-corrected chi connectivity index (χ2v) is 6.79. The molecule has 2 aromatic heterocycles. The number of aryl methyl sites for hydroxylation is 2. The molecule has 132 valence electrons. The molecule has 4 nitrogen and oxygen atoms in total. The number of nitrogens with one attached hydrogen (secondary N) is 2. The molecule has 0 saturated carbocycles. The minimum absolute atomic E-state index is 0.298. The van der Waals surface area contributed by atoms with Crippen molar-refractivity contribution in [3.05, 3.63) is 71.7 Å². The molecule has 1 aliphatic heterocycles. The summed E-state index contributed by atoms with van der Waals surface area (Å²) in [5.41, 5.74) is 7.49. The van der Waals surface area contributed by atoms with Gasteiger partial charge in [-0.2, -0.15) is 0 Å². The second kappa shape index (κ2) is 5.77. The van der Waals surface area contributed by atoms with Gasteiger partial charge in [0.2, 0.25) is 0 Å². The van der Waals surface area contributed by atoms with E-state index in [-0.39, 0.29) is 5.82 Å². The molecule has 0 spiro atoms. The molecular formula is C22H17FN4. The van der Waals surface area contributed by atoms with Crippen molar-refractivity contribution in [3.8, 4) is 33.9 Å². The summed E-state index contributed by atoms with van der Waals surface area (Å²) in [5.74, 6) is 1.19. The van der Waals surface area contributed by atoms with E-state index in [4.69, 9.17) is 4.98 Å². The van der Waals surface area contributed by atoms with Crippen LogP contribution in [-0.2, 0) is 0 Å². The number of imidazole rings is 1. The lowest BCUT2D eigenvalue weighted by Gasteiger charge is -2.09. The van der Waals surface area contributed by atoms with Crippen LogP contribution in [-0.4, -0.2) is 15.0 Å². The fourth-order valence-electron chi connectivity index (χ4n) is 3.73. The van der Waals surface area contributed by atoms with Crippen LogP contribution in [0, 0.1) is 19.7 Å². The van der Waals surface area contributed by atoms with E-state index in [1.807, 2.05) is 18.2 Å². The van der Waals surface area contributed by atoms with Gasteiger partial charge < -0.3 is 10.3 Å². The van der Waals surface area contributed by atoms with Gasteiger partial charge in [0.05, 0.1) is 17.1 Å². The van der Waals surface area contributed by atoms with E-state index in [0.717, 1.165) is 45.0 Å². The third-order valence-electron chi connectivity index (χ3n) is 4.99. The fraction of sp³-hybridized carbons (Fsp3) is 0.0909. The van der Waals surface area contributed by atoms with Crippen molar-refractivity contribution >= 4 is 11.5 Å². The molecule has 5 heteroatoms. The molecule has 0 amide bonds. The smallest absolute Gasteiger partial charge is 0.139 e. The largest absolute Gasteiger partial charge is 0.339 e. The zero-order valence-corrected chi connectivity index (χ0v) is 15.0. The Bertz CT molecular complexity index is 1170. The van der Waals surface area contributed by atoms with E-state index < -0.39 is 0 Å². The van der Waals surface area contributed by atoms with Gasteiger partial charge in [-0.15, -0.1) is 0 Å². The topological polar surface area (TPSA) is 53.6 Å². The Morgan fingerprint density at radius 3 is 2.56 bits per heavy atom. The molecule has 0 saturated heterocycles. The van der Waals surface area contributed by atoms with Crippen LogP contribution in [0.4, 0.5) is 15.9 Å². The van der Waals surface area contributed by atoms with Gasteiger partial charge in [0.15, 0.2) is 0 Å². The van der Waals surface area contributed by atoms with Crippen LogP contribution in [0.15, 0.2) is 54.7 Å². The third kappa shape index (κ3) is 2.43. The molecule has 2 aromatic carbocycles. The molecule has 0 aliphatic carbocycles. The molecule has 0 fully saturated rings. The average Bonchev–Trinajstić information content (AvgIpc) is 3.02. The van der Waals surface area contributed by atoms with E-state index in [1.54, 1.807) is 12.3 Å². The Morgan fingerprint density at radius 1 is 0.926 bits per heavy atom. The van der Waals surface area contributed by atoms with Crippen molar-refractivity contribution in [1.29, 1.82) is 0 Å². The molecule has 0 bridgehead atoms. The Kier molecular flexibility index (Phi) is 3.37. The van der Waals surface area contributed by atoms with Crippen LogP contribution in [0.3, 0.4) is 0 Å². The van der Waals surface area contributed by atoms with E-state index in [2.05, 4.69) is 41.3 Å². The molecule has 3 heterocycles. The number of aromatic amines is 1. The number of hydrogen-bond donors (Lipinski definition) is 2. The summed E-state index contributed by atoms with van der Waals surface area (Å²) in [4.78, 5) is 12.9. The minimum atomic E-state index is -0.298. The van der Waals surface area contributed by atoms with E-state index in [0.29, 0.717) is 11.5 Å². The Morgan fingerprint density at radius 2 is 1.74 bits per heavy atom. The summed E-state index contributed by atoms with van der Waals surface area (Å²) < 4.78 is 13.9. The second-order valence-electron chi connectivity index (χ2n) is 6.79. The van der Waals surface area contributed by atoms with Crippen LogP contribution in [0.2, 0.25) is 0 Å². The average molecular weight is 356 g/mol. The van der Waals surface area contributed by atoms with Crippen molar-refractivity contribution < 1.29 is 4.39 Å². The predicted molar refractivity (Wildman–Crippen MR) is 105 cm³/mol. The van der Waals surface area contributed by atoms with E-state index in [9.17, 15) is 4.39 Å². The Labute approximate surface area is 156 Å². The first-order valence-electron chi connectivity index (χ1n) is 8.81. The number of rotatable bonds is 1. The number of pyridine rings is 1. The van der Waals surface area contributed by atoms with Crippen molar-refractivity contribution in [2.75, 3.05) is 5.32 Å². The number of anilines is 2. The number of benzene rings is 2. The van der Waals surface area contributed by atoms with Gasteiger partial charge in [-0.1, -0.05) is 18.2 Å². The first-order chi connectivity index (χ1) is 13.1. The summed E-state index contributed by atoms with van der Waals surface area (Å²) >= 11 is 0. The number of aromatic nitrogens is 3. The molecule has 5 rings (SSSR count). The maximum atomic E-state index is 13.9. The van der Waals surface area contributed by atoms with Crippen LogP contribution in [0.25, 0.3) is 33.9 Å². The van der Waals surface area contributed by atoms with Crippen molar-refractivity contribution in [1.82, 2.24) is 15.0 Å². The van der Waals surface area contributed by atoms with Crippen molar-refractivity contribution in [2.45, 2.75) is 13.8 Å². The quantitative estimate of drug-likeness (QED) is 0.410. The molecule has 1 aliphatic rings. The molecule has 4 aromatic rings. The van der Waals surface area contributed by atoms with Gasteiger partial charge in [-0.3, -0.25) is 0 Å². The van der Waals surface area contributed by atoms with Crippen LogP contribution < -0.4 is 5.32 Å². The first-order valence-corrected chi connectivity index (χ1v) is 8.81. The Hall–Kier alpha value is -3.47. The van der Waals surface area contributed by atoms with Gasteiger partial charge in [-0.25, -0.2) is 14.4 Å². The lowest BCUT2D eigenvalue weighted by atomic mass is 10.0. The van der Waals surface area contributed by atoms with Crippen molar-refractivity contribution in [3.63, 3.8) is 0 Å². The highest BCUT2D eigenvalue weighted by molar-refractivity contribution is 5.95. The number of hydrogen-bond acceptors (Lipinski definition) is 3. The minimum Gasteiger partial charge on any atom is -0.339 e. The molecular weight excluding hydrogens is 339 g/mol. The van der Waals surface area contributed by atoms with E-state index >= 15 is 0 Å². The fourth-order valence-corrected chi connectivity index (χ4v) is 3.73. The number of halogens is 1. The Balaban J connectivity index is 1.83. The van der Waals surface area contributed by atoms with Crippen LogP contribution in [0.5, 0.6) is 0 Å². The molecule has 0 radical (unpaired) electrons. The predicted octanol–water partition coefficient (Wildman–Crippen LogP) is 5.62. The lowest BCUT2D eigenvalue weighted by Crippen LogP contribution is -1.96. The number of fused-ring (bicyclic) bond motifs is 5. The highest BCUT2D eigenvalue weighted by atomic mass is 19.1. The van der Waals surface area contributed by atoms with Gasteiger partial charge in [0.25, 0.3) is 0 Å². The summed E-state index contributed by atoms with van der Waals surface area (Å²) in [6.45, 7) is 4.16. The summed E-state index contributed by atoms with van der Waals surface area (Å²) in [7, 11) is 0. The summed E-state index contributed by atoms with van der Waals surface area (Å²) in [6.07, 6.45) is 1.72. The SMILES string of the molecule is Cc1cccc(C)c1-c1nc2c([nH]1)-c1cccnc1Nc1cc(F)ccc1-2. The maximum Gasteiger partial charge on any atom is 0.139 e. The normalized spacial score (nSPS) is 11.8. The van der Waals surface area contributed by atoms with E-state index in [1.165, 1.54) is 12.1 Å². The monoisotopic (exact) mass is 356 g/mol. The van der Waals surface area contributed by atoms with Gasteiger partial charge in [0, 0.05) is 22.9 Å². The molecule has 0 atom stereocenters. The van der Waals surface area contributed by atoms with Crippen LogP contribution >= 0.6 is 0 Å². The summed E-state index contributed by atoms with van der Waals surface area (Å²) in [6, 6.07) is 14.8. The number of H-pyrrole nitrogens is 1. The van der Waals surface area contributed by atoms with Gasteiger partial charge in [0.1, 0.15) is 17.5 Å². The van der Waals surface area contributed by atoms with Gasteiger partial charge in [-0.05, 0) is 55.3 Å². The van der Waals surface area contributed by atoms with Crippen LogP contribution in [0.1, 0.15) is 11.1 Å². The molecule has 2 N–H and O–H groups in total. The maximum absolute atomic E-state index is 13.9.